The molecule has 2 heterocycles. The van der Waals surface area contributed by atoms with E-state index in [0.29, 0.717) is 13.0 Å². The maximum absolute atomic E-state index is 12.7. The molecule has 2 N–H and O–H groups in total. The van der Waals surface area contributed by atoms with Gasteiger partial charge >= 0.3 is 0 Å². The Balaban J connectivity index is 1.61. The molecule has 6 heteroatoms. The first-order valence-electron chi connectivity index (χ1n) is 9.58. The second kappa shape index (κ2) is 8.37. The predicted molar refractivity (Wildman–Crippen MR) is 106 cm³/mol. The van der Waals surface area contributed by atoms with Gasteiger partial charge in [-0.3, -0.25) is 14.7 Å². The van der Waals surface area contributed by atoms with Crippen molar-refractivity contribution in [2.75, 3.05) is 18.4 Å². The van der Waals surface area contributed by atoms with E-state index in [-0.39, 0.29) is 17.7 Å². The number of carbonyl (C=O) groups excluding carboxylic acids is 2. The largest absolute Gasteiger partial charge is 0.342 e. The Kier molecular flexibility index (Phi) is 5.94. The molecular weight excluding hydrogens is 340 g/mol. The molecule has 144 valence electrons. The molecule has 1 atom stereocenters. The molecule has 0 saturated carbocycles. The van der Waals surface area contributed by atoms with Crippen LogP contribution in [0.25, 0.3) is 0 Å². The van der Waals surface area contributed by atoms with Gasteiger partial charge in [-0.15, -0.1) is 0 Å². The van der Waals surface area contributed by atoms with Gasteiger partial charge < -0.3 is 10.2 Å². The summed E-state index contributed by atoms with van der Waals surface area (Å²) in [6, 6.07) is 6.46. The van der Waals surface area contributed by atoms with E-state index >= 15 is 0 Å². The summed E-state index contributed by atoms with van der Waals surface area (Å²) in [5.41, 5.74) is 5.32. The second-order valence-electron chi connectivity index (χ2n) is 7.55. The van der Waals surface area contributed by atoms with Gasteiger partial charge in [0.15, 0.2) is 0 Å². The Bertz CT molecular complexity index is 807. The van der Waals surface area contributed by atoms with Crippen molar-refractivity contribution in [2.24, 2.45) is 0 Å². The highest BCUT2D eigenvalue weighted by molar-refractivity contribution is 5.89. The van der Waals surface area contributed by atoms with Crippen LogP contribution in [0.5, 0.6) is 0 Å². The lowest BCUT2D eigenvalue weighted by Gasteiger charge is -2.32. The fraction of sp³-hybridized carbons (Fsp3) is 0.476. The first-order chi connectivity index (χ1) is 12.9. The second-order valence-corrected chi connectivity index (χ2v) is 7.55. The average Bonchev–Trinajstić information content (AvgIpc) is 3.06. The maximum Gasteiger partial charge on any atom is 0.222 e. The number of piperidine rings is 1. The Morgan fingerprint density at radius 3 is 2.70 bits per heavy atom. The van der Waals surface area contributed by atoms with Crippen LogP contribution in [0.2, 0.25) is 0 Å². The van der Waals surface area contributed by atoms with Crippen LogP contribution >= 0.6 is 0 Å². The van der Waals surface area contributed by atoms with E-state index in [1.54, 1.807) is 6.20 Å². The van der Waals surface area contributed by atoms with Gasteiger partial charge in [0, 0.05) is 32.4 Å². The quantitative estimate of drug-likeness (QED) is 0.850. The van der Waals surface area contributed by atoms with Gasteiger partial charge in [-0.2, -0.15) is 5.10 Å². The van der Waals surface area contributed by atoms with Gasteiger partial charge in [-0.25, -0.2) is 0 Å². The van der Waals surface area contributed by atoms with Crippen molar-refractivity contribution in [2.45, 2.75) is 52.4 Å². The Morgan fingerprint density at radius 2 is 2.00 bits per heavy atom. The molecule has 1 saturated heterocycles. The number of H-pyrrole nitrogens is 1. The molecule has 2 aromatic rings. The number of amides is 2. The van der Waals surface area contributed by atoms with Gasteiger partial charge in [-0.1, -0.05) is 29.3 Å². The van der Waals surface area contributed by atoms with Gasteiger partial charge in [0.05, 0.1) is 17.6 Å². The third-order valence-corrected chi connectivity index (χ3v) is 5.07. The van der Waals surface area contributed by atoms with E-state index in [9.17, 15) is 9.59 Å². The number of anilines is 1. The molecule has 6 nitrogen and oxygen atoms in total. The number of benzene rings is 1. The minimum Gasteiger partial charge on any atom is -0.342 e. The van der Waals surface area contributed by atoms with E-state index in [1.807, 2.05) is 4.90 Å². The lowest BCUT2D eigenvalue weighted by atomic mass is 9.93. The van der Waals surface area contributed by atoms with Gasteiger partial charge in [-0.05, 0) is 38.7 Å². The summed E-state index contributed by atoms with van der Waals surface area (Å²) < 4.78 is 0. The van der Waals surface area contributed by atoms with Crippen molar-refractivity contribution in [3.8, 4) is 0 Å². The normalized spacial score (nSPS) is 17.0. The molecule has 1 fully saturated rings. The molecule has 1 aromatic carbocycles. The molecule has 0 bridgehead atoms. The summed E-state index contributed by atoms with van der Waals surface area (Å²) in [5.74, 6) is 0.252. The molecule has 0 unspecified atom stereocenters. The summed E-state index contributed by atoms with van der Waals surface area (Å²) in [4.78, 5) is 26.1. The van der Waals surface area contributed by atoms with E-state index in [2.05, 4.69) is 47.6 Å². The zero-order valence-electron chi connectivity index (χ0n) is 16.3. The smallest absolute Gasteiger partial charge is 0.222 e. The van der Waals surface area contributed by atoms with Crippen LogP contribution in [0.3, 0.4) is 0 Å². The minimum absolute atomic E-state index is 0.116. The van der Waals surface area contributed by atoms with Crippen LogP contribution in [-0.4, -0.2) is 40.0 Å². The zero-order chi connectivity index (χ0) is 19.4. The molecule has 2 amide bonds. The lowest BCUT2D eigenvalue weighted by Crippen LogP contribution is -2.39. The number of carbonyl (C=O) groups is 2. The summed E-state index contributed by atoms with van der Waals surface area (Å²) in [6.07, 6.45) is 4.87. The van der Waals surface area contributed by atoms with Crippen molar-refractivity contribution in [1.29, 1.82) is 0 Å². The first-order valence-corrected chi connectivity index (χ1v) is 9.58. The molecule has 0 radical (unpaired) electrons. The van der Waals surface area contributed by atoms with E-state index in [4.69, 9.17) is 0 Å². The molecule has 1 aliphatic rings. The molecule has 3 rings (SSSR count). The number of nitrogens with zero attached hydrogens (tertiary/aromatic N) is 2. The third-order valence-electron chi connectivity index (χ3n) is 5.07. The van der Waals surface area contributed by atoms with Crippen LogP contribution in [0, 0.1) is 13.8 Å². The monoisotopic (exact) mass is 368 g/mol. The van der Waals surface area contributed by atoms with Crippen molar-refractivity contribution in [3.05, 3.63) is 46.8 Å². The first kappa shape index (κ1) is 19.1. The molecule has 0 aliphatic carbocycles. The summed E-state index contributed by atoms with van der Waals surface area (Å²) in [6.45, 7) is 7.13. The van der Waals surface area contributed by atoms with Crippen LogP contribution in [-0.2, 0) is 16.0 Å². The van der Waals surface area contributed by atoms with Crippen LogP contribution in [0.4, 0.5) is 5.69 Å². The van der Waals surface area contributed by atoms with Crippen molar-refractivity contribution in [1.82, 2.24) is 15.1 Å². The SMILES string of the molecule is CC(=O)Nc1cn[nH]c1[C@@H]1CCCN(C(=O)CCc2cc(C)cc(C)c2)C1. The Hall–Kier alpha value is -2.63. The van der Waals surface area contributed by atoms with Crippen LogP contribution in [0.15, 0.2) is 24.4 Å². The average molecular weight is 368 g/mol. The number of hydrogen-bond acceptors (Lipinski definition) is 3. The fourth-order valence-electron chi connectivity index (χ4n) is 3.96. The van der Waals surface area contributed by atoms with E-state index in [0.717, 1.165) is 37.2 Å². The topological polar surface area (TPSA) is 78.1 Å². The number of aromatic amines is 1. The van der Waals surface area contributed by atoms with E-state index in [1.165, 1.54) is 23.6 Å². The number of likely N-dealkylation sites (tertiary alicyclic amines) is 1. The zero-order valence-corrected chi connectivity index (χ0v) is 16.3. The number of hydrogen-bond donors (Lipinski definition) is 2. The maximum atomic E-state index is 12.7. The highest BCUT2D eigenvalue weighted by Gasteiger charge is 2.27. The van der Waals surface area contributed by atoms with Crippen molar-refractivity contribution >= 4 is 17.5 Å². The van der Waals surface area contributed by atoms with E-state index < -0.39 is 0 Å². The van der Waals surface area contributed by atoms with Crippen molar-refractivity contribution in [3.63, 3.8) is 0 Å². The highest BCUT2D eigenvalue weighted by atomic mass is 16.2. The Labute approximate surface area is 160 Å². The van der Waals surface area contributed by atoms with Gasteiger partial charge in [0.1, 0.15) is 0 Å². The number of aromatic nitrogens is 2. The number of nitrogens with one attached hydrogen (secondary N) is 2. The molecular formula is C21H28N4O2. The summed E-state index contributed by atoms with van der Waals surface area (Å²) >= 11 is 0. The Morgan fingerprint density at radius 1 is 1.26 bits per heavy atom. The summed E-state index contributed by atoms with van der Waals surface area (Å²) in [5, 5.41) is 9.89. The molecule has 0 spiro atoms. The number of rotatable bonds is 5. The van der Waals surface area contributed by atoms with Gasteiger partial charge in [0.25, 0.3) is 0 Å². The lowest BCUT2D eigenvalue weighted by molar-refractivity contribution is -0.132. The van der Waals surface area contributed by atoms with Crippen LogP contribution < -0.4 is 5.32 Å². The van der Waals surface area contributed by atoms with Crippen molar-refractivity contribution < 1.29 is 9.59 Å². The third kappa shape index (κ3) is 4.96. The molecule has 1 aromatic heterocycles. The number of aryl methyl sites for hydroxylation is 3. The van der Waals surface area contributed by atoms with Crippen LogP contribution in [0.1, 0.15) is 54.5 Å². The molecule has 1 aliphatic heterocycles. The summed E-state index contributed by atoms with van der Waals surface area (Å²) in [7, 11) is 0. The predicted octanol–water partition coefficient (Wildman–Crippen LogP) is 3.32. The highest BCUT2D eigenvalue weighted by Crippen LogP contribution is 2.30. The standard InChI is InChI=1S/C21H28N4O2/c1-14-9-15(2)11-17(10-14)6-7-20(27)25-8-4-5-18(13-25)21-19(12-22-24-21)23-16(3)26/h9-12,18H,4-8,13H2,1-3H3,(H,22,24)(H,23,26)/t18-/m1/s1. The van der Waals surface area contributed by atoms with Gasteiger partial charge in [0.2, 0.25) is 11.8 Å². The fourth-order valence-corrected chi connectivity index (χ4v) is 3.96. The minimum atomic E-state index is -0.116. The molecule has 27 heavy (non-hydrogen) atoms.